The minimum atomic E-state index is -0.235. The zero-order chi connectivity index (χ0) is 19.9. The van der Waals surface area contributed by atoms with Crippen LogP contribution in [-0.4, -0.2) is 41.1 Å². The van der Waals surface area contributed by atoms with E-state index in [0.717, 1.165) is 51.5 Å². The van der Waals surface area contributed by atoms with Crippen molar-refractivity contribution in [3.8, 4) is 6.07 Å². The Hall–Kier alpha value is -1.90. The smallest absolute Gasteiger partial charge is 0.237 e. The fourth-order valence-corrected chi connectivity index (χ4v) is 6.93. The molecular weight excluding hydrogens is 362 g/mol. The van der Waals surface area contributed by atoms with Crippen molar-refractivity contribution in [2.75, 3.05) is 13.1 Å². The second-order valence-corrected chi connectivity index (χ2v) is 9.93. The lowest BCUT2D eigenvalue weighted by Gasteiger charge is -2.62. The van der Waals surface area contributed by atoms with Crippen LogP contribution in [0.5, 0.6) is 0 Å². The van der Waals surface area contributed by atoms with Crippen molar-refractivity contribution < 1.29 is 9.53 Å². The van der Waals surface area contributed by atoms with Gasteiger partial charge in [-0.2, -0.15) is 5.26 Å². The van der Waals surface area contributed by atoms with E-state index in [-0.39, 0.29) is 23.1 Å². The average Bonchev–Trinajstić information content (AvgIpc) is 3.20. The normalized spacial score (nSPS) is 37.6. The van der Waals surface area contributed by atoms with Crippen molar-refractivity contribution in [2.45, 2.75) is 75.2 Å². The van der Waals surface area contributed by atoms with Gasteiger partial charge in [-0.1, -0.05) is 30.3 Å². The molecule has 3 atom stereocenters. The summed E-state index contributed by atoms with van der Waals surface area (Å²) < 4.78 is 6.62. The average molecular weight is 394 g/mol. The van der Waals surface area contributed by atoms with Gasteiger partial charge in [-0.05, 0) is 68.8 Å². The third-order valence-electron chi connectivity index (χ3n) is 7.73. The summed E-state index contributed by atoms with van der Waals surface area (Å²) in [6.07, 6.45) is 8.73. The van der Waals surface area contributed by atoms with Crippen molar-refractivity contribution in [2.24, 2.45) is 11.8 Å². The number of likely N-dealkylation sites (tertiary alicyclic amines) is 1. The van der Waals surface area contributed by atoms with E-state index in [1.165, 1.54) is 12.0 Å². The van der Waals surface area contributed by atoms with Crippen molar-refractivity contribution >= 4 is 5.91 Å². The minimum absolute atomic E-state index is 0.0261. The molecular formula is C24H31N3O2. The standard InChI is InChI=1S/C24H31N3O2/c25-14-21-7-4-8-27(21)22(28)15-26-23-10-19-9-20(11-23)13-24(12-19,17-23)29-16-18-5-2-1-3-6-18/h1-3,5-6,19-21,26H,4,7-13,15-17H2. The van der Waals surface area contributed by atoms with Crippen LogP contribution in [0.25, 0.3) is 0 Å². The maximum Gasteiger partial charge on any atom is 0.237 e. The largest absolute Gasteiger partial charge is 0.370 e. The molecule has 6 rings (SSSR count). The summed E-state index contributed by atoms with van der Waals surface area (Å²) in [5.41, 5.74) is 1.22. The Morgan fingerprint density at radius 1 is 1.21 bits per heavy atom. The van der Waals surface area contributed by atoms with E-state index in [1.807, 2.05) is 6.07 Å². The summed E-state index contributed by atoms with van der Waals surface area (Å²) in [5.74, 6) is 1.49. The molecule has 1 aliphatic heterocycles. The summed E-state index contributed by atoms with van der Waals surface area (Å²) >= 11 is 0. The van der Waals surface area contributed by atoms with Crippen molar-refractivity contribution in [3.63, 3.8) is 0 Å². The Labute approximate surface area is 173 Å². The number of carbonyl (C=O) groups excluding carboxylic acids is 1. The number of benzene rings is 1. The van der Waals surface area contributed by atoms with Crippen molar-refractivity contribution in [3.05, 3.63) is 35.9 Å². The lowest BCUT2D eigenvalue weighted by Crippen LogP contribution is -2.66. The highest BCUT2D eigenvalue weighted by atomic mass is 16.5. The van der Waals surface area contributed by atoms with Crippen LogP contribution in [0, 0.1) is 23.2 Å². The van der Waals surface area contributed by atoms with E-state index >= 15 is 0 Å². The molecule has 1 N–H and O–H groups in total. The van der Waals surface area contributed by atoms with Crippen LogP contribution in [0.2, 0.25) is 0 Å². The monoisotopic (exact) mass is 393 g/mol. The van der Waals surface area contributed by atoms with E-state index in [1.54, 1.807) is 4.90 Å². The quantitative estimate of drug-likeness (QED) is 0.804. The van der Waals surface area contributed by atoms with Crippen LogP contribution in [0.15, 0.2) is 30.3 Å². The first-order valence-electron chi connectivity index (χ1n) is 11.2. The number of ether oxygens (including phenoxy) is 1. The molecule has 29 heavy (non-hydrogen) atoms. The molecule has 1 amide bonds. The van der Waals surface area contributed by atoms with E-state index < -0.39 is 0 Å². The molecule has 154 valence electrons. The van der Waals surface area contributed by atoms with E-state index in [9.17, 15) is 10.1 Å². The minimum Gasteiger partial charge on any atom is -0.370 e. The lowest BCUT2D eigenvalue weighted by molar-refractivity contribution is -0.182. The first-order chi connectivity index (χ1) is 14.1. The number of hydrogen-bond acceptors (Lipinski definition) is 4. The predicted octanol–water partition coefficient (Wildman–Crippen LogP) is 3.40. The highest BCUT2D eigenvalue weighted by molar-refractivity contribution is 5.79. The van der Waals surface area contributed by atoms with Gasteiger partial charge in [0.2, 0.25) is 5.91 Å². The van der Waals surface area contributed by atoms with E-state index in [4.69, 9.17) is 4.74 Å². The third kappa shape index (κ3) is 3.69. The van der Waals surface area contributed by atoms with Crippen molar-refractivity contribution in [1.82, 2.24) is 10.2 Å². The Balaban J connectivity index is 1.25. The number of hydrogen-bond donors (Lipinski definition) is 1. The van der Waals surface area contributed by atoms with Gasteiger partial charge in [0.1, 0.15) is 6.04 Å². The lowest BCUT2D eigenvalue weighted by atomic mass is 9.51. The highest BCUT2D eigenvalue weighted by Gasteiger charge is 2.58. The molecule has 5 nitrogen and oxygen atoms in total. The summed E-state index contributed by atoms with van der Waals surface area (Å²) in [6.45, 7) is 1.75. The summed E-state index contributed by atoms with van der Waals surface area (Å²) in [4.78, 5) is 14.6. The van der Waals surface area contributed by atoms with E-state index in [2.05, 4.69) is 35.7 Å². The number of nitriles is 1. The van der Waals surface area contributed by atoms with Gasteiger partial charge in [-0.3, -0.25) is 4.79 Å². The van der Waals surface area contributed by atoms with Crippen LogP contribution in [0.4, 0.5) is 0 Å². The van der Waals surface area contributed by atoms with Gasteiger partial charge in [0, 0.05) is 12.1 Å². The molecule has 0 aromatic heterocycles. The van der Waals surface area contributed by atoms with Gasteiger partial charge in [-0.25, -0.2) is 0 Å². The molecule has 5 fully saturated rings. The van der Waals surface area contributed by atoms with Crippen LogP contribution < -0.4 is 5.32 Å². The number of rotatable bonds is 6. The summed E-state index contributed by atoms with van der Waals surface area (Å²) in [7, 11) is 0. The molecule has 1 saturated heterocycles. The molecule has 4 aliphatic carbocycles. The zero-order valence-corrected chi connectivity index (χ0v) is 17.1. The predicted molar refractivity (Wildman–Crippen MR) is 110 cm³/mol. The molecule has 4 bridgehead atoms. The molecule has 4 saturated carbocycles. The molecule has 3 unspecified atom stereocenters. The van der Waals surface area contributed by atoms with Crippen LogP contribution >= 0.6 is 0 Å². The van der Waals surface area contributed by atoms with E-state index in [0.29, 0.717) is 25.0 Å². The molecule has 0 radical (unpaired) electrons. The van der Waals surface area contributed by atoms with Crippen LogP contribution in [0.3, 0.4) is 0 Å². The maximum absolute atomic E-state index is 12.8. The van der Waals surface area contributed by atoms with Crippen LogP contribution in [-0.2, 0) is 16.1 Å². The van der Waals surface area contributed by atoms with Gasteiger partial charge in [-0.15, -0.1) is 0 Å². The molecule has 5 aliphatic rings. The zero-order valence-electron chi connectivity index (χ0n) is 17.1. The second kappa shape index (κ2) is 7.41. The number of nitrogens with one attached hydrogen (secondary N) is 1. The van der Waals surface area contributed by atoms with Gasteiger partial charge in [0.05, 0.1) is 24.8 Å². The highest BCUT2D eigenvalue weighted by Crippen LogP contribution is 2.59. The molecule has 0 spiro atoms. The molecule has 5 heteroatoms. The van der Waals surface area contributed by atoms with Crippen LogP contribution in [0.1, 0.15) is 56.9 Å². The first-order valence-corrected chi connectivity index (χ1v) is 11.2. The van der Waals surface area contributed by atoms with Gasteiger partial charge < -0.3 is 15.0 Å². The molecule has 1 heterocycles. The Morgan fingerprint density at radius 2 is 1.97 bits per heavy atom. The van der Waals surface area contributed by atoms with Gasteiger partial charge in [0.15, 0.2) is 0 Å². The fourth-order valence-electron chi connectivity index (χ4n) is 6.93. The fraction of sp³-hybridized carbons (Fsp3) is 0.667. The topological polar surface area (TPSA) is 65.4 Å². The maximum atomic E-state index is 12.8. The number of amides is 1. The third-order valence-corrected chi connectivity index (χ3v) is 7.73. The number of carbonyl (C=O) groups is 1. The Morgan fingerprint density at radius 3 is 2.69 bits per heavy atom. The summed E-state index contributed by atoms with van der Waals surface area (Å²) in [6, 6.07) is 12.5. The molecule has 1 aromatic carbocycles. The molecule has 1 aromatic rings. The van der Waals surface area contributed by atoms with Gasteiger partial charge >= 0.3 is 0 Å². The van der Waals surface area contributed by atoms with Crippen molar-refractivity contribution in [1.29, 1.82) is 5.26 Å². The summed E-state index contributed by atoms with van der Waals surface area (Å²) in [5, 5.41) is 13.0. The Bertz CT molecular complexity index is 788. The number of nitrogens with zero attached hydrogens (tertiary/aromatic N) is 2. The Kier molecular flexibility index (Phi) is 4.88. The first kappa shape index (κ1) is 19.1. The SMILES string of the molecule is N#CC1CCCN1C(=O)CNC12CC3CC(C1)CC(OCc1ccccc1)(C3)C2. The second-order valence-electron chi connectivity index (χ2n) is 9.93. The van der Waals surface area contributed by atoms with Gasteiger partial charge in [0.25, 0.3) is 0 Å².